The van der Waals surface area contributed by atoms with E-state index in [9.17, 15) is 4.79 Å². The molecular weight excluding hydrogens is 200 g/mol. The zero-order chi connectivity index (χ0) is 11.7. The molecule has 0 bridgehead atoms. The Morgan fingerprint density at radius 2 is 1.88 bits per heavy atom. The highest BCUT2D eigenvalue weighted by atomic mass is 16.5. The van der Waals surface area contributed by atoms with Crippen LogP contribution < -0.4 is 0 Å². The summed E-state index contributed by atoms with van der Waals surface area (Å²) in [7, 11) is 0. The van der Waals surface area contributed by atoms with Crippen LogP contribution in [0.1, 0.15) is 26.3 Å². The van der Waals surface area contributed by atoms with Crippen LogP contribution in [0.15, 0.2) is 35.9 Å². The Bertz CT molecular complexity index is 429. The average Bonchev–Trinajstić information content (AvgIpc) is 2.90. The smallest absolute Gasteiger partial charge is 0.335 e. The summed E-state index contributed by atoms with van der Waals surface area (Å²) in [6.45, 7) is 5.78. The second-order valence-electron chi connectivity index (χ2n) is 4.37. The standard InChI is InChI=1S/C14H16O2/c1-9(2)16-14(15)13-10(3)12(13)11-7-5-4-6-8-11/h4-10H,1-3H3. The lowest BCUT2D eigenvalue weighted by molar-refractivity contribution is -0.142. The first-order valence-corrected chi connectivity index (χ1v) is 5.61. The Morgan fingerprint density at radius 3 is 2.44 bits per heavy atom. The van der Waals surface area contributed by atoms with E-state index < -0.39 is 0 Å². The van der Waals surface area contributed by atoms with Gasteiger partial charge in [-0.25, -0.2) is 4.79 Å². The van der Waals surface area contributed by atoms with E-state index in [-0.39, 0.29) is 18.0 Å². The summed E-state index contributed by atoms with van der Waals surface area (Å²) in [6, 6.07) is 10.0. The van der Waals surface area contributed by atoms with Gasteiger partial charge in [-0.1, -0.05) is 37.3 Å². The lowest BCUT2D eigenvalue weighted by Crippen LogP contribution is -2.10. The molecule has 0 N–H and O–H groups in total. The minimum atomic E-state index is -0.165. The minimum Gasteiger partial charge on any atom is -0.460 e. The molecule has 2 rings (SSSR count). The number of hydrogen-bond donors (Lipinski definition) is 0. The second kappa shape index (κ2) is 4.12. The molecule has 0 heterocycles. The third-order valence-corrected chi connectivity index (χ3v) is 2.72. The number of allylic oxidation sites excluding steroid dienone is 1. The number of hydrogen-bond acceptors (Lipinski definition) is 2. The van der Waals surface area contributed by atoms with Gasteiger partial charge in [0.1, 0.15) is 0 Å². The van der Waals surface area contributed by atoms with Crippen molar-refractivity contribution in [1.29, 1.82) is 0 Å². The van der Waals surface area contributed by atoms with Crippen LogP contribution in [0.3, 0.4) is 0 Å². The van der Waals surface area contributed by atoms with Crippen LogP contribution in [0.5, 0.6) is 0 Å². The van der Waals surface area contributed by atoms with Crippen molar-refractivity contribution in [3.05, 3.63) is 41.5 Å². The number of ether oxygens (including phenoxy) is 1. The molecule has 0 amide bonds. The third kappa shape index (κ3) is 2.01. The van der Waals surface area contributed by atoms with Crippen LogP contribution in [-0.2, 0) is 9.53 Å². The number of carbonyl (C=O) groups is 1. The zero-order valence-electron chi connectivity index (χ0n) is 9.86. The first-order chi connectivity index (χ1) is 7.61. The quantitative estimate of drug-likeness (QED) is 0.726. The Hall–Kier alpha value is -1.57. The maximum Gasteiger partial charge on any atom is 0.335 e. The topological polar surface area (TPSA) is 26.3 Å². The fourth-order valence-corrected chi connectivity index (χ4v) is 1.92. The lowest BCUT2D eigenvalue weighted by atomic mass is 10.1. The summed E-state index contributed by atoms with van der Waals surface area (Å²) in [4.78, 5) is 11.7. The van der Waals surface area contributed by atoms with E-state index in [0.29, 0.717) is 0 Å². The molecule has 16 heavy (non-hydrogen) atoms. The molecule has 0 spiro atoms. The van der Waals surface area contributed by atoms with Crippen LogP contribution in [0.25, 0.3) is 5.57 Å². The van der Waals surface area contributed by atoms with E-state index in [0.717, 1.165) is 16.7 Å². The van der Waals surface area contributed by atoms with Gasteiger partial charge in [-0.15, -0.1) is 0 Å². The van der Waals surface area contributed by atoms with Crippen molar-refractivity contribution in [2.24, 2.45) is 5.92 Å². The number of benzene rings is 1. The molecule has 1 aromatic rings. The highest BCUT2D eigenvalue weighted by Crippen LogP contribution is 2.47. The normalized spacial score (nSPS) is 18.9. The van der Waals surface area contributed by atoms with Crippen LogP contribution >= 0.6 is 0 Å². The van der Waals surface area contributed by atoms with Gasteiger partial charge >= 0.3 is 5.97 Å². The molecule has 1 aliphatic carbocycles. The van der Waals surface area contributed by atoms with Crippen molar-refractivity contribution in [3.8, 4) is 0 Å². The van der Waals surface area contributed by atoms with Gasteiger partial charge in [0.15, 0.2) is 0 Å². The number of carbonyl (C=O) groups excluding carboxylic acids is 1. The molecular formula is C14H16O2. The van der Waals surface area contributed by atoms with Gasteiger partial charge in [-0.2, -0.15) is 0 Å². The molecule has 2 heteroatoms. The van der Waals surface area contributed by atoms with Crippen LogP contribution in [0.2, 0.25) is 0 Å². The summed E-state index contributed by atoms with van der Waals surface area (Å²) >= 11 is 0. The minimum absolute atomic E-state index is 0.0511. The molecule has 1 aliphatic rings. The van der Waals surface area contributed by atoms with Gasteiger partial charge in [0.25, 0.3) is 0 Å². The van der Waals surface area contributed by atoms with Crippen LogP contribution in [-0.4, -0.2) is 12.1 Å². The van der Waals surface area contributed by atoms with Gasteiger partial charge in [0, 0.05) is 11.5 Å². The Kier molecular flexibility index (Phi) is 2.82. The van der Waals surface area contributed by atoms with Gasteiger partial charge < -0.3 is 4.74 Å². The summed E-state index contributed by atoms with van der Waals surface area (Å²) in [5.41, 5.74) is 3.09. The van der Waals surface area contributed by atoms with E-state index in [1.807, 2.05) is 51.1 Å². The van der Waals surface area contributed by atoms with Crippen molar-refractivity contribution in [3.63, 3.8) is 0 Å². The largest absolute Gasteiger partial charge is 0.460 e. The van der Waals surface area contributed by atoms with Gasteiger partial charge in [0.05, 0.1) is 6.10 Å². The van der Waals surface area contributed by atoms with Crippen molar-refractivity contribution in [2.75, 3.05) is 0 Å². The predicted molar refractivity (Wildman–Crippen MR) is 63.8 cm³/mol. The van der Waals surface area contributed by atoms with Crippen LogP contribution in [0.4, 0.5) is 0 Å². The maximum atomic E-state index is 11.7. The molecule has 84 valence electrons. The fraction of sp³-hybridized carbons (Fsp3) is 0.357. The lowest BCUT2D eigenvalue weighted by Gasteiger charge is -2.04. The summed E-state index contributed by atoms with van der Waals surface area (Å²) in [5.74, 6) is 0.0787. The third-order valence-electron chi connectivity index (χ3n) is 2.72. The SMILES string of the molecule is CC(C)OC(=O)C1=C(c2ccccc2)C1C. The summed E-state index contributed by atoms with van der Waals surface area (Å²) < 4.78 is 5.20. The second-order valence-corrected chi connectivity index (χ2v) is 4.37. The van der Waals surface area contributed by atoms with E-state index in [4.69, 9.17) is 4.74 Å². The molecule has 0 aromatic heterocycles. The molecule has 0 aliphatic heterocycles. The van der Waals surface area contributed by atoms with Gasteiger partial charge in [0.2, 0.25) is 0 Å². The van der Waals surface area contributed by atoms with E-state index in [1.54, 1.807) is 0 Å². The van der Waals surface area contributed by atoms with Crippen LogP contribution in [0, 0.1) is 5.92 Å². The van der Waals surface area contributed by atoms with Gasteiger partial charge in [-0.3, -0.25) is 0 Å². The Labute approximate surface area is 95.9 Å². The van der Waals surface area contributed by atoms with Crippen molar-refractivity contribution in [1.82, 2.24) is 0 Å². The molecule has 0 saturated heterocycles. The fourth-order valence-electron chi connectivity index (χ4n) is 1.92. The number of rotatable bonds is 3. The van der Waals surface area contributed by atoms with Crippen molar-refractivity contribution < 1.29 is 9.53 Å². The molecule has 2 nitrogen and oxygen atoms in total. The first kappa shape index (κ1) is 10.9. The van der Waals surface area contributed by atoms with E-state index in [2.05, 4.69) is 0 Å². The van der Waals surface area contributed by atoms with E-state index >= 15 is 0 Å². The highest BCUT2D eigenvalue weighted by molar-refractivity contribution is 6.09. The average molecular weight is 216 g/mol. The Balaban J connectivity index is 2.18. The molecule has 1 aromatic carbocycles. The first-order valence-electron chi connectivity index (χ1n) is 5.61. The zero-order valence-corrected chi connectivity index (χ0v) is 9.86. The molecule has 1 unspecified atom stereocenters. The van der Waals surface area contributed by atoms with Crippen molar-refractivity contribution in [2.45, 2.75) is 26.9 Å². The molecule has 0 radical (unpaired) electrons. The maximum absolute atomic E-state index is 11.7. The summed E-state index contributed by atoms with van der Waals surface area (Å²) in [6.07, 6.45) is -0.0511. The monoisotopic (exact) mass is 216 g/mol. The molecule has 1 atom stereocenters. The molecule has 0 saturated carbocycles. The predicted octanol–water partition coefficient (Wildman–Crippen LogP) is 3.04. The van der Waals surface area contributed by atoms with Crippen molar-refractivity contribution >= 4 is 11.5 Å². The van der Waals surface area contributed by atoms with E-state index in [1.165, 1.54) is 0 Å². The Morgan fingerprint density at radius 1 is 1.25 bits per heavy atom. The number of esters is 1. The highest BCUT2D eigenvalue weighted by Gasteiger charge is 2.39. The van der Waals surface area contributed by atoms with Gasteiger partial charge in [-0.05, 0) is 25.0 Å². The molecule has 0 fully saturated rings. The summed E-state index contributed by atoms with van der Waals surface area (Å²) in [5, 5.41) is 0.